The minimum Gasteiger partial charge on any atom is -0.496 e. The van der Waals surface area contributed by atoms with Crippen molar-refractivity contribution in [3.8, 4) is 16.8 Å². The monoisotopic (exact) mass is 610 g/mol. The van der Waals surface area contributed by atoms with Crippen molar-refractivity contribution in [2.24, 2.45) is 5.92 Å². The SMILES string of the molecule is COc1ccc(F)cc1[C@H](Cn1c(=O)n(C(C)(C)C(=O)O)c(=O)c2c(C)c(-n3nccn3)sc21)OC1CCC(C#N)CC1. The number of benzene rings is 1. The van der Waals surface area contributed by atoms with Crippen molar-refractivity contribution in [3.63, 3.8) is 0 Å². The number of hydrogen-bond donors (Lipinski definition) is 1. The summed E-state index contributed by atoms with van der Waals surface area (Å²) in [5.74, 6) is -1.64. The summed E-state index contributed by atoms with van der Waals surface area (Å²) in [6.45, 7) is 4.06. The largest absolute Gasteiger partial charge is 0.496 e. The first-order valence-electron chi connectivity index (χ1n) is 13.8. The van der Waals surface area contributed by atoms with Crippen LogP contribution in [0.15, 0.2) is 40.2 Å². The number of carboxylic acids is 1. The van der Waals surface area contributed by atoms with Gasteiger partial charge in [-0.1, -0.05) is 11.3 Å². The summed E-state index contributed by atoms with van der Waals surface area (Å²) < 4.78 is 28.7. The second kappa shape index (κ2) is 11.7. The normalized spacial score (nSPS) is 18.0. The smallest absolute Gasteiger partial charge is 0.333 e. The fourth-order valence-corrected chi connectivity index (χ4v) is 6.71. The standard InChI is InChI=1S/C29H31FN6O6S/c1-16-23-24(37)35(29(2,3)27(38)39)28(40)34(26(23)43-25(16)36-32-11-12-33-36)15-22(20-13-18(30)7-10-21(20)41-4)42-19-8-5-17(14-31)6-9-19/h7,10-13,17,19,22H,5-6,8-9,15H2,1-4H3,(H,38,39)/t17?,19?,22-/m0/s1. The molecule has 1 aromatic carbocycles. The highest BCUT2D eigenvalue weighted by molar-refractivity contribution is 7.21. The summed E-state index contributed by atoms with van der Waals surface area (Å²) in [6.07, 6.45) is 4.20. The molecule has 0 unspecified atom stereocenters. The summed E-state index contributed by atoms with van der Waals surface area (Å²) in [7, 11) is 1.44. The number of nitriles is 1. The molecular weight excluding hydrogens is 579 g/mol. The molecule has 12 nitrogen and oxygen atoms in total. The Hall–Kier alpha value is -4.35. The van der Waals surface area contributed by atoms with Crippen molar-refractivity contribution < 1.29 is 23.8 Å². The Morgan fingerprint density at radius 1 is 1.23 bits per heavy atom. The lowest BCUT2D eigenvalue weighted by Crippen LogP contribution is -2.52. The fourth-order valence-electron chi connectivity index (χ4n) is 5.49. The zero-order chi connectivity index (χ0) is 31.1. The number of nitrogens with zero attached hydrogens (tertiary/aromatic N) is 6. The third-order valence-corrected chi connectivity index (χ3v) is 9.25. The second-order valence-corrected chi connectivity index (χ2v) is 12.0. The molecule has 14 heteroatoms. The number of aryl methyl sites for hydroxylation is 1. The lowest BCUT2D eigenvalue weighted by molar-refractivity contribution is -0.146. The average molecular weight is 611 g/mol. The highest BCUT2D eigenvalue weighted by atomic mass is 32.1. The molecule has 0 saturated heterocycles. The van der Waals surface area contributed by atoms with Gasteiger partial charge in [0.1, 0.15) is 33.0 Å². The fraction of sp³-hybridized carbons (Fsp3) is 0.448. The molecule has 3 heterocycles. The van der Waals surface area contributed by atoms with Crippen LogP contribution in [0.1, 0.15) is 56.8 Å². The van der Waals surface area contributed by atoms with Gasteiger partial charge in [0.15, 0.2) is 0 Å². The van der Waals surface area contributed by atoms with Crippen molar-refractivity contribution in [2.45, 2.75) is 70.7 Å². The van der Waals surface area contributed by atoms with E-state index in [0.29, 0.717) is 47.6 Å². The minimum atomic E-state index is -1.90. The number of carbonyl (C=O) groups is 1. The molecule has 3 aromatic heterocycles. The molecule has 0 amide bonds. The van der Waals surface area contributed by atoms with E-state index >= 15 is 0 Å². The molecule has 43 heavy (non-hydrogen) atoms. The summed E-state index contributed by atoms with van der Waals surface area (Å²) in [4.78, 5) is 41.9. The van der Waals surface area contributed by atoms with E-state index in [2.05, 4.69) is 16.3 Å². The highest BCUT2D eigenvalue weighted by Crippen LogP contribution is 2.37. The molecule has 1 N–H and O–H groups in total. The summed E-state index contributed by atoms with van der Waals surface area (Å²) >= 11 is 1.11. The second-order valence-electron chi connectivity index (χ2n) is 11.0. The quantitative estimate of drug-likeness (QED) is 0.297. The van der Waals surface area contributed by atoms with Crippen LogP contribution in [0.2, 0.25) is 0 Å². The summed E-state index contributed by atoms with van der Waals surface area (Å²) in [5.41, 5.74) is -2.69. The Labute approximate surface area is 249 Å². The molecule has 1 atom stereocenters. The van der Waals surface area contributed by atoms with Crippen LogP contribution in [-0.2, 0) is 21.6 Å². The van der Waals surface area contributed by atoms with E-state index in [1.165, 1.54) is 60.9 Å². The number of ether oxygens (including phenoxy) is 2. The van der Waals surface area contributed by atoms with Crippen molar-refractivity contribution in [1.82, 2.24) is 24.1 Å². The number of aromatic nitrogens is 5. The van der Waals surface area contributed by atoms with Gasteiger partial charge in [0, 0.05) is 17.0 Å². The van der Waals surface area contributed by atoms with Crippen LogP contribution >= 0.6 is 11.3 Å². The number of thiophene rings is 1. The zero-order valence-electron chi connectivity index (χ0n) is 24.1. The van der Waals surface area contributed by atoms with Crippen molar-refractivity contribution in [1.29, 1.82) is 5.26 Å². The van der Waals surface area contributed by atoms with Gasteiger partial charge < -0.3 is 14.6 Å². The third kappa shape index (κ3) is 5.46. The van der Waals surface area contributed by atoms with Crippen LogP contribution in [0.5, 0.6) is 5.75 Å². The molecule has 1 aliphatic rings. The molecule has 0 bridgehead atoms. The van der Waals surface area contributed by atoms with E-state index in [9.17, 15) is 29.1 Å². The Morgan fingerprint density at radius 2 is 1.91 bits per heavy atom. The van der Waals surface area contributed by atoms with Crippen LogP contribution in [0.25, 0.3) is 15.2 Å². The molecule has 0 spiro atoms. The van der Waals surface area contributed by atoms with E-state index in [4.69, 9.17) is 9.47 Å². The molecule has 0 radical (unpaired) electrons. The van der Waals surface area contributed by atoms with Crippen molar-refractivity contribution >= 4 is 27.5 Å². The van der Waals surface area contributed by atoms with Gasteiger partial charge in [0.05, 0.1) is 43.6 Å². The molecule has 4 aromatic rings. The minimum absolute atomic E-state index is 0.0746. The Morgan fingerprint density at radius 3 is 2.51 bits per heavy atom. The molecule has 1 saturated carbocycles. The van der Waals surface area contributed by atoms with E-state index in [-0.39, 0.29) is 28.8 Å². The van der Waals surface area contributed by atoms with Crippen LogP contribution in [0.4, 0.5) is 4.39 Å². The molecule has 226 valence electrons. The number of methoxy groups -OCH3 is 1. The lowest BCUT2D eigenvalue weighted by atomic mass is 9.88. The van der Waals surface area contributed by atoms with E-state index < -0.39 is 34.7 Å². The van der Waals surface area contributed by atoms with Gasteiger partial charge in [-0.05, 0) is 64.7 Å². The molecular formula is C29H31FN6O6S. The Balaban J connectivity index is 1.74. The maximum Gasteiger partial charge on any atom is 0.333 e. The average Bonchev–Trinajstić information content (AvgIpc) is 3.63. The van der Waals surface area contributed by atoms with Crippen LogP contribution in [0, 0.1) is 30.0 Å². The maximum absolute atomic E-state index is 14.6. The van der Waals surface area contributed by atoms with Gasteiger partial charge in [0.2, 0.25) is 0 Å². The number of carboxylic acid groups (broad SMARTS) is 1. The van der Waals surface area contributed by atoms with Gasteiger partial charge in [0.25, 0.3) is 5.56 Å². The number of fused-ring (bicyclic) bond motifs is 1. The van der Waals surface area contributed by atoms with Gasteiger partial charge in [-0.2, -0.15) is 15.5 Å². The molecule has 0 aliphatic heterocycles. The van der Waals surface area contributed by atoms with E-state index in [1.807, 2.05) is 0 Å². The predicted octanol–water partition coefficient (Wildman–Crippen LogP) is 3.92. The van der Waals surface area contributed by atoms with Gasteiger partial charge in [-0.25, -0.2) is 18.5 Å². The first-order chi connectivity index (χ1) is 20.5. The first-order valence-corrected chi connectivity index (χ1v) is 14.6. The first kappa shape index (κ1) is 30.1. The van der Waals surface area contributed by atoms with Crippen LogP contribution < -0.4 is 16.0 Å². The topological polar surface area (TPSA) is 154 Å². The number of hydrogen-bond acceptors (Lipinski definition) is 9. The summed E-state index contributed by atoms with van der Waals surface area (Å²) in [5, 5.41) is 28.3. The van der Waals surface area contributed by atoms with E-state index in [0.717, 1.165) is 15.9 Å². The number of rotatable bonds is 9. The van der Waals surface area contributed by atoms with Gasteiger partial charge in [-0.3, -0.25) is 9.36 Å². The zero-order valence-corrected chi connectivity index (χ0v) is 24.9. The van der Waals surface area contributed by atoms with Crippen LogP contribution in [-0.4, -0.2) is 48.4 Å². The van der Waals surface area contributed by atoms with Gasteiger partial charge >= 0.3 is 11.7 Å². The van der Waals surface area contributed by atoms with Gasteiger partial charge in [-0.15, -0.1) is 4.80 Å². The highest BCUT2D eigenvalue weighted by Gasteiger charge is 2.36. The summed E-state index contributed by atoms with van der Waals surface area (Å²) in [6, 6.07) is 6.30. The molecule has 1 aliphatic carbocycles. The number of aliphatic carboxylic acids is 1. The lowest BCUT2D eigenvalue weighted by Gasteiger charge is -2.31. The Kier molecular flexibility index (Phi) is 8.22. The van der Waals surface area contributed by atoms with E-state index in [1.54, 1.807) is 6.92 Å². The van der Waals surface area contributed by atoms with Crippen molar-refractivity contribution in [3.05, 3.63) is 68.4 Å². The third-order valence-electron chi connectivity index (χ3n) is 7.97. The molecule has 5 rings (SSSR count). The molecule has 1 fully saturated rings. The maximum atomic E-state index is 14.6. The number of halogens is 1. The Bertz CT molecular complexity index is 1830. The predicted molar refractivity (Wildman–Crippen MR) is 155 cm³/mol. The van der Waals surface area contributed by atoms with Crippen molar-refractivity contribution in [2.75, 3.05) is 7.11 Å². The van der Waals surface area contributed by atoms with Crippen LogP contribution in [0.3, 0.4) is 0 Å².